The number of nitrogens with two attached hydrogens (primary N) is 3. The van der Waals surface area contributed by atoms with Gasteiger partial charge in [0.05, 0.1) is 26.0 Å². The van der Waals surface area contributed by atoms with Crippen LogP contribution in [0.2, 0.25) is 0 Å². The molecule has 0 fully saturated rings. The highest BCUT2D eigenvalue weighted by Crippen LogP contribution is 2.13. The van der Waals surface area contributed by atoms with Gasteiger partial charge in [-0.15, -0.1) is 0 Å². The van der Waals surface area contributed by atoms with E-state index in [0.29, 0.717) is 16.9 Å². The predicted octanol–water partition coefficient (Wildman–Crippen LogP) is -3.02. The number of primary amides is 2. The first-order valence-electron chi connectivity index (χ1n) is 19.5. The number of carbonyl (C=O) groups excluding carboxylic acids is 9. The Kier molecular flexibility index (Phi) is 22.1. The number of phenols is 1. The van der Waals surface area contributed by atoms with Crippen LogP contribution >= 0.6 is 11.8 Å². The zero-order valence-corrected chi connectivity index (χ0v) is 35.7. The molecule has 0 aromatic heterocycles. The van der Waals surface area contributed by atoms with Gasteiger partial charge >= 0.3 is 11.9 Å². The van der Waals surface area contributed by atoms with Crippen molar-refractivity contribution in [2.24, 2.45) is 17.2 Å². The quantitative estimate of drug-likeness (QED) is 0.0398. The zero-order valence-electron chi connectivity index (χ0n) is 34.9. The molecule has 7 atom stereocenters. The first-order chi connectivity index (χ1) is 29.7. The summed E-state index contributed by atoms with van der Waals surface area (Å²) >= 11 is 1.30. The number of thioether (sulfide) groups is 1. The number of nitrogens with one attached hydrogen (secondary N) is 6. The van der Waals surface area contributed by atoms with Gasteiger partial charge in [-0.1, -0.05) is 42.5 Å². The second-order valence-electron chi connectivity index (χ2n) is 14.3. The molecule has 0 unspecified atom stereocenters. The number of carboxylic acids is 1. The van der Waals surface area contributed by atoms with Gasteiger partial charge in [0.1, 0.15) is 42.0 Å². The minimum absolute atomic E-state index is 0.0135. The number of hydrogen-bond acceptors (Lipinski definition) is 14. The molecule has 2 aromatic carbocycles. The molecule has 63 heavy (non-hydrogen) atoms. The molecule has 8 amide bonds. The summed E-state index contributed by atoms with van der Waals surface area (Å²) < 4.78 is 4.81. The molecule has 0 aliphatic heterocycles. The fourth-order valence-electron chi connectivity index (χ4n) is 5.80. The average Bonchev–Trinajstić information content (AvgIpc) is 3.22. The molecule has 0 aliphatic rings. The average molecular weight is 902 g/mol. The Morgan fingerprint density at radius 3 is 1.59 bits per heavy atom. The van der Waals surface area contributed by atoms with Crippen molar-refractivity contribution in [2.75, 3.05) is 19.1 Å². The Labute approximate surface area is 366 Å². The highest BCUT2D eigenvalue weighted by Gasteiger charge is 2.34. The number of aromatic hydroxyl groups is 1. The van der Waals surface area contributed by atoms with E-state index in [4.69, 9.17) is 21.9 Å². The van der Waals surface area contributed by atoms with Crippen LogP contribution in [0.25, 0.3) is 0 Å². The topological polar surface area (TPSA) is 371 Å². The molecule has 2 rings (SSSR count). The highest BCUT2D eigenvalue weighted by atomic mass is 32.2. The van der Waals surface area contributed by atoms with Gasteiger partial charge in [0.15, 0.2) is 0 Å². The van der Waals surface area contributed by atoms with Gasteiger partial charge in [-0.3, -0.25) is 43.2 Å². The summed E-state index contributed by atoms with van der Waals surface area (Å²) in [6.45, 7) is 1.32. The van der Waals surface area contributed by atoms with Crippen LogP contribution in [0.4, 0.5) is 0 Å². The van der Waals surface area contributed by atoms with E-state index in [-0.39, 0.29) is 25.0 Å². The number of esters is 1. The molecule has 0 aliphatic carbocycles. The molecule has 344 valence electrons. The summed E-state index contributed by atoms with van der Waals surface area (Å²) in [5.41, 5.74) is 18.0. The Bertz CT molecular complexity index is 1940. The number of rotatable bonds is 27. The third-order valence-electron chi connectivity index (χ3n) is 9.17. The predicted molar refractivity (Wildman–Crippen MR) is 227 cm³/mol. The number of ether oxygens (including phenoxy) is 1. The maximum Gasteiger partial charge on any atom is 0.328 e. The standard InChI is InChI=1S/C40H55N9O13S/c1-21(34(55)49-30(40(61)62-2)18-23-9-11-24(50)12-10-23)44-36(57)27(15-16-63-3)46-39(60)29(20-32(43)52)48-37(58)26(13-14-33(53)54)45-38(59)28(19-31(42)51)47-35(56)25(41)17-22-7-5-4-6-8-22/h4-12,21,25-30,50H,13-20,41H2,1-3H3,(H2,42,51)(H2,43,52)(H,44,57)(H,45,59)(H,46,60)(H,47,56)(H,48,58)(H,49,55)(H,53,54)/t21-,25-,26-,27-,28-,29-,30-/m0/s1. The Hall–Kier alpha value is -6.75. The number of amides is 8. The number of carbonyl (C=O) groups is 10. The van der Waals surface area contributed by atoms with Crippen LogP contribution < -0.4 is 49.1 Å². The van der Waals surface area contributed by atoms with Gasteiger partial charge in [0.25, 0.3) is 0 Å². The SMILES string of the molecule is COC(=O)[C@H](Cc1ccc(O)cc1)NC(=O)[C@H](C)NC(=O)[C@H](CCSC)NC(=O)[C@H](CC(N)=O)NC(=O)[C@H](CCC(=O)O)NC(=O)[C@H](CC(N)=O)NC(=O)[C@@H](N)Cc1ccccc1. The largest absolute Gasteiger partial charge is 0.508 e. The fraction of sp³-hybridized carbons (Fsp3) is 0.450. The first-order valence-corrected chi connectivity index (χ1v) is 20.9. The van der Waals surface area contributed by atoms with E-state index >= 15 is 0 Å². The van der Waals surface area contributed by atoms with Gasteiger partial charge in [0.2, 0.25) is 47.3 Å². The molecular formula is C40H55N9O13S. The van der Waals surface area contributed by atoms with Crippen molar-refractivity contribution in [3.05, 3.63) is 65.7 Å². The Morgan fingerprint density at radius 2 is 1.08 bits per heavy atom. The maximum absolute atomic E-state index is 13.7. The van der Waals surface area contributed by atoms with Gasteiger partial charge in [-0.25, -0.2) is 4.79 Å². The van der Waals surface area contributed by atoms with E-state index in [0.717, 1.165) is 7.11 Å². The van der Waals surface area contributed by atoms with E-state index in [1.807, 2.05) is 0 Å². The first kappa shape index (κ1) is 52.4. The molecule has 0 heterocycles. The number of phenolic OH excluding ortho intramolecular Hbond substituents is 1. The molecule has 0 saturated carbocycles. The van der Waals surface area contributed by atoms with Crippen LogP contribution in [-0.4, -0.2) is 131 Å². The Morgan fingerprint density at radius 1 is 0.619 bits per heavy atom. The van der Waals surface area contributed by atoms with Gasteiger partial charge in [-0.05, 0) is 61.5 Å². The third kappa shape index (κ3) is 19.2. The number of benzene rings is 2. The van der Waals surface area contributed by atoms with Crippen LogP contribution in [0.1, 0.15) is 50.2 Å². The summed E-state index contributed by atoms with van der Waals surface area (Å²) in [7, 11) is 1.12. The minimum Gasteiger partial charge on any atom is -0.508 e. The monoisotopic (exact) mass is 901 g/mol. The highest BCUT2D eigenvalue weighted by molar-refractivity contribution is 7.98. The Balaban J connectivity index is 2.24. The summed E-state index contributed by atoms with van der Waals surface area (Å²) in [5, 5.41) is 33.2. The molecular weight excluding hydrogens is 847 g/mol. The molecule has 2 aromatic rings. The zero-order chi connectivity index (χ0) is 47.2. The number of hydrogen-bond donors (Lipinski definition) is 11. The van der Waals surface area contributed by atoms with Crippen molar-refractivity contribution < 1.29 is 62.9 Å². The van der Waals surface area contributed by atoms with Crippen LogP contribution in [0, 0.1) is 0 Å². The van der Waals surface area contributed by atoms with Gasteiger partial charge in [0, 0.05) is 12.8 Å². The fourth-order valence-corrected chi connectivity index (χ4v) is 6.27. The number of carboxylic acid groups (broad SMARTS) is 1. The van der Waals surface area contributed by atoms with Crippen LogP contribution in [0.5, 0.6) is 5.75 Å². The van der Waals surface area contributed by atoms with Crippen molar-refractivity contribution in [1.82, 2.24) is 31.9 Å². The lowest BCUT2D eigenvalue weighted by atomic mass is 10.0. The van der Waals surface area contributed by atoms with Crippen molar-refractivity contribution in [1.29, 1.82) is 0 Å². The summed E-state index contributed by atoms with van der Waals surface area (Å²) in [6, 6.07) is 4.29. The number of aliphatic carboxylic acids is 1. The summed E-state index contributed by atoms with van der Waals surface area (Å²) in [6.07, 6.45) is -1.12. The smallest absolute Gasteiger partial charge is 0.328 e. The normalized spacial score (nSPS) is 14.1. The summed E-state index contributed by atoms with van der Waals surface area (Å²) in [4.78, 5) is 128. The lowest BCUT2D eigenvalue weighted by molar-refractivity contribution is -0.145. The lowest BCUT2D eigenvalue weighted by Crippen LogP contribution is -2.60. The second-order valence-corrected chi connectivity index (χ2v) is 15.3. The van der Waals surface area contributed by atoms with Crippen LogP contribution in [-0.2, 0) is 65.5 Å². The van der Waals surface area contributed by atoms with Crippen molar-refractivity contribution in [3.8, 4) is 5.75 Å². The molecule has 0 spiro atoms. The van der Waals surface area contributed by atoms with E-state index in [9.17, 15) is 58.2 Å². The number of methoxy groups -OCH3 is 1. The second kappa shape index (κ2) is 26.6. The molecule has 0 saturated heterocycles. The minimum atomic E-state index is -1.79. The van der Waals surface area contributed by atoms with E-state index in [1.54, 1.807) is 36.6 Å². The van der Waals surface area contributed by atoms with Crippen molar-refractivity contribution >= 4 is 71.0 Å². The summed E-state index contributed by atoms with van der Waals surface area (Å²) in [5.74, 6) is -9.93. The van der Waals surface area contributed by atoms with Gasteiger partial charge < -0.3 is 64.1 Å². The molecule has 14 N–H and O–H groups in total. The van der Waals surface area contributed by atoms with Crippen molar-refractivity contribution in [3.63, 3.8) is 0 Å². The van der Waals surface area contributed by atoms with E-state index in [1.165, 1.54) is 43.0 Å². The van der Waals surface area contributed by atoms with Crippen LogP contribution in [0.15, 0.2) is 54.6 Å². The molecule has 0 radical (unpaired) electrons. The molecule has 0 bridgehead atoms. The van der Waals surface area contributed by atoms with Crippen LogP contribution in [0.3, 0.4) is 0 Å². The molecule has 22 nitrogen and oxygen atoms in total. The third-order valence-corrected chi connectivity index (χ3v) is 9.81. The van der Waals surface area contributed by atoms with Gasteiger partial charge in [-0.2, -0.15) is 11.8 Å². The lowest BCUT2D eigenvalue weighted by Gasteiger charge is -2.26. The maximum atomic E-state index is 13.7. The van der Waals surface area contributed by atoms with E-state index < -0.39 is 127 Å². The van der Waals surface area contributed by atoms with Crippen molar-refractivity contribution in [2.45, 2.75) is 94.2 Å². The van der Waals surface area contributed by atoms with E-state index in [2.05, 4.69) is 31.9 Å². The molecule has 23 heteroatoms.